The summed E-state index contributed by atoms with van der Waals surface area (Å²) in [7, 11) is 0. The maximum atomic E-state index is 11.6. The van der Waals surface area contributed by atoms with E-state index in [0.29, 0.717) is 13.2 Å². The minimum atomic E-state index is 0.0165. The Bertz CT molecular complexity index is 587. The first kappa shape index (κ1) is 12.4. The average Bonchev–Trinajstić information content (AvgIpc) is 2.33. The minimum Gasteiger partial charge on any atom is -0.492 e. The number of aromatic nitrogens is 1. The molecule has 18 heavy (non-hydrogen) atoms. The molecule has 3 heteroatoms. The Hall–Kier alpha value is -2.03. The highest BCUT2D eigenvalue weighted by molar-refractivity contribution is 5.27. The van der Waals surface area contributed by atoms with Crippen LogP contribution in [-0.2, 0) is 6.54 Å². The quantitative estimate of drug-likeness (QED) is 0.826. The molecule has 0 aliphatic heterocycles. The number of rotatable bonds is 4. The van der Waals surface area contributed by atoms with Gasteiger partial charge in [-0.2, -0.15) is 0 Å². The van der Waals surface area contributed by atoms with E-state index in [9.17, 15) is 4.79 Å². The normalized spacial score (nSPS) is 10.3. The van der Waals surface area contributed by atoms with E-state index in [1.165, 1.54) is 5.56 Å². The van der Waals surface area contributed by atoms with Gasteiger partial charge < -0.3 is 9.30 Å². The van der Waals surface area contributed by atoms with Gasteiger partial charge in [0.15, 0.2) is 0 Å². The molecule has 0 bridgehead atoms. The second kappa shape index (κ2) is 5.54. The summed E-state index contributed by atoms with van der Waals surface area (Å²) in [6, 6.07) is 13.2. The van der Waals surface area contributed by atoms with E-state index in [0.717, 1.165) is 11.4 Å². The summed E-state index contributed by atoms with van der Waals surface area (Å²) in [4.78, 5) is 11.6. The monoisotopic (exact) mass is 243 g/mol. The lowest BCUT2D eigenvalue weighted by molar-refractivity contribution is 0.295. The number of hydrogen-bond acceptors (Lipinski definition) is 2. The van der Waals surface area contributed by atoms with Crippen molar-refractivity contribution in [1.29, 1.82) is 0 Å². The van der Waals surface area contributed by atoms with E-state index < -0.39 is 0 Å². The molecule has 0 N–H and O–H groups in total. The van der Waals surface area contributed by atoms with Gasteiger partial charge in [-0.15, -0.1) is 0 Å². The van der Waals surface area contributed by atoms with Gasteiger partial charge in [-0.25, -0.2) is 0 Å². The Morgan fingerprint density at radius 1 is 1.11 bits per heavy atom. The van der Waals surface area contributed by atoms with Crippen LogP contribution in [0.15, 0.2) is 47.3 Å². The largest absolute Gasteiger partial charge is 0.492 e. The summed E-state index contributed by atoms with van der Waals surface area (Å²) in [5, 5.41) is 0. The Kier molecular flexibility index (Phi) is 3.82. The molecule has 94 valence electrons. The van der Waals surface area contributed by atoms with Crippen LogP contribution in [0.4, 0.5) is 0 Å². The van der Waals surface area contributed by atoms with Gasteiger partial charge >= 0.3 is 0 Å². The number of hydrogen-bond donors (Lipinski definition) is 0. The molecule has 0 unspecified atom stereocenters. The minimum absolute atomic E-state index is 0.0165. The lowest BCUT2D eigenvalue weighted by Gasteiger charge is -2.10. The van der Waals surface area contributed by atoms with Gasteiger partial charge in [0.25, 0.3) is 5.56 Å². The first-order valence-electron chi connectivity index (χ1n) is 6.03. The Balaban J connectivity index is 1.99. The molecule has 0 saturated heterocycles. The van der Waals surface area contributed by atoms with E-state index in [4.69, 9.17) is 4.74 Å². The van der Waals surface area contributed by atoms with Crippen LogP contribution in [-0.4, -0.2) is 11.2 Å². The van der Waals surface area contributed by atoms with Crippen LogP contribution < -0.4 is 10.3 Å². The molecule has 0 saturated carbocycles. The molecular weight excluding hydrogens is 226 g/mol. The third-order valence-electron chi connectivity index (χ3n) is 2.84. The molecule has 2 rings (SSSR count). The van der Waals surface area contributed by atoms with E-state index in [2.05, 4.69) is 0 Å². The molecular formula is C15H17NO2. The number of nitrogens with zero attached hydrogens (tertiary/aromatic N) is 1. The molecule has 0 radical (unpaired) electrons. The third kappa shape index (κ3) is 3.00. The van der Waals surface area contributed by atoms with Crippen molar-refractivity contribution in [2.24, 2.45) is 0 Å². The highest BCUT2D eigenvalue weighted by Crippen LogP contribution is 2.12. The molecule has 1 aromatic carbocycles. The zero-order valence-electron chi connectivity index (χ0n) is 10.7. The van der Waals surface area contributed by atoms with Crippen LogP contribution in [0.3, 0.4) is 0 Å². The maximum Gasteiger partial charge on any atom is 0.250 e. The van der Waals surface area contributed by atoms with E-state index >= 15 is 0 Å². The molecule has 1 aromatic heterocycles. The molecule has 1 heterocycles. The zero-order valence-corrected chi connectivity index (χ0v) is 10.7. The van der Waals surface area contributed by atoms with E-state index in [-0.39, 0.29) is 5.56 Å². The fraction of sp³-hybridized carbons (Fsp3) is 0.267. The van der Waals surface area contributed by atoms with Crippen molar-refractivity contribution in [1.82, 2.24) is 4.57 Å². The number of ether oxygens (including phenoxy) is 1. The molecule has 2 aromatic rings. The molecule has 0 fully saturated rings. The fourth-order valence-corrected chi connectivity index (χ4v) is 1.87. The van der Waals surface area contributed by atoms with Gasteiger partial charge in [0.1, 0.15) is 12.4 Å². The molecule has 0 aliphatic carbocycles. The van der Waals surface area contributed by atoms with E-state index in [1.54, 1.807) is 16.7 Å². The van der Waals surface area contributed by atoms with Gasteiger partial charge in [0.05, 0.1) is 6.54 Å². The second-order valence-corrected chi connectivity index (χ2v) is 4.32. The molecule has 0 aliphatic rings. The van der Waals surface area contributed by atoms with Crippen LogP contribution in [0.25, 0.3) is 0 Å². The standard InChI is InChI=1S/C15H17NO2/c1-12-5-3-7-14(11-12)18-10-9-16-13(2)6-4-8-15(16)17/h3-8,11H,9-10H2,1-2H3. The first-order chi connectivity index (χ1) is 8.66. The highest BCUT2D eigenvalue weighted by atomic mass is 16.5. The van der Waals surface area contributed by atoms with Crippen molar-refractivity contribution < 1.29 is 4.74 Å². The molecule has 3 nitrogen and oxygen atoms in total. The van der Waals surface area contributed by atoms with Crippen molar-refractivity contribution in [3.8, 4) is 5.75 Å². The Morgan fingerprint density at radius 2 is 1.89 bits per heavy atom. The molecule has 0 spiro atoms. The summed E-state index contributed by atoms with van der Waals surface area (Å²) in [5.41, 5.74) is 2.14. The topological polar surface area (TPSA) is 31.2 Å². The average molecular weight is 243 g/mol. The van der Waals surface area contributed by atoms with Crippen molar-refractivity contribution in [2.45, 2.75) is 20.4 Å². The van der Waals surface area contributed by atoms with E-state index in [1.807, 2.05) is 44.2 Å². The van der Waals surface area contributed by atoms with Crippen LogP contribution in [0.1, 0.15) is 11.3 Å². The molecule has 0 amide bonds. The first-order valence-corrected chi connectivity index (χ1v) is 6.03. The predicted molar refractivity (Wildman–Crippen MR) is 72.1 cm³/mol. The van der Waals surface area contributed by atoms with Crippen molar-refractivity contribution >= 4 is 0 Å². The number of benzene rings is 1. The lowest BCUT2D eigenvalue weighted by atomic mass is 10.2. The fourth-order valence-electron chi connectivity index (χ4n) is 1.87. The predicted octanol–water partition coefficient (Wildman–Crippen LogP) is 2.54. The van der Waals surface area contributed by atoms with Crippen LogP contribution >= 0.6 is 0 Å². The summed E-state index contributed by atoms with van der Waals surface area (Å²) in [6.07, 6.45) is 0. The van der Waals surface area contributed by atoms with Crippen molar-refractivity contribution in [3.05, 3.63) is 64.1 Å². The maximum absolute atomic E-state index is 11.6. The number of aryl methyl sites for hydroxylation is 2. The zero-order chi connectivity index (χ0) is 13.0. The van der Waals surface area contributed by atoms with Gasteiger partial charge in [0, 0.05) is 11.8 Å². The van der Waals surface area contributed by atoms with Crippen molar-refractivity contribution in [3.63, 3.8) is 0 Å². The van der Waals surface area contributed by atoms with Crippen LogP contribution in [0.2, 0.25) is 0 Å². The number of pyridine rings is 1. The van der Waals surface area contributed by atoms with Crippen molar-refractivity contribution in [2.75, 3.05) is 6.61 Å². The highest BCUT2D eigenvalue weighted by Gasteiger charge is 1.99. The SMILES string of the molecule is Cc1cccc(OCCn2c(C)cccc2=O)c1. The Labute approximate surface area is 107 Å². The third-order valence-corrected chi connectivity index (χ3v) is 2.84. The van der Waals surface area contributed by atoms with Gasteiger partial charge in [-0.05, 0) is 37.6 Å². The van der Waals surface area contributed by atoms with Gasteiger partial charge in [-0.1, -0.05) is 18.2 Å². The smallest absolute Gasteiger partial charge is 0.250 e. The Morgan fingerprint density at radius 3 is 2.61 bits per heavy atom. The second-order valence-electron chi connectivity index (χ2n) is 4.32. The summed E-state index contributed by atoms with van der Waals surface area (Å²) >= 11 is 0. The van der Waals surface area contributed by atoms with Crippen LogP contribution in [0.5, 0.6) is 5.75 Å². The summed E-state index contributed by atoms with van der Waals surface area (Å²) in [6.45, 7) is 5.01. The van der Waals surface area contributed by atoms with Crippen LogP contribution in [0, 0.1) is 13.8 Å². The van der Waals surface area contributed by atoms with Gasteiger partial charge in [0.2, 0.25) is 0 Å². The molecule has 0 atom stereocenters. The summed E-state index contributed by atoms with van der Waals surface area (Å²) in [5.74, 6) is 0.844. The summed E-state index contributed by atoms with van der Waals surface area (Å²) < 4.78 is 7.36. The van der Waals surface area contributed by atoms with Gasteiger partial charge in [-0.3, -0.25) is 4.79 Å². The lowest BCUT2D eigenvalue weighted by Crippen LogP contribution is -2.23.